The van der Waals surface area contributed by atoms with E-state index in [-0.39, 0.29) is 36.0 Å². The van der Waals surface area contributed by atoms with Crippen molar-refractivity contribution in [2.75, 3.05) is 44.6 Å². The molecule has 4 aliphatic carbocycles. The normalized spacial score (nSPS) is 31.4. The second-order valence-corrected chi connectivity index (χ2v) is 13.2. The fourth-order valence-corrected chi connectivity index (χ4v) is 8.32. The summed E-state index contributed by atoms with van der Waals surface area (Å²) < 4.78 is 0. The maximum atomic E-state index is 12.4. The molecule has 234 valence electrons. The van der Waals surface area contributed by atoms with Gasteiger partial charge in [-0.3, -0.25) is 9.59 Å². The molecule has 44 heavy (non-hydrogen) atoms. The summed E-state index contributed by atoms with van der Waals surface area (Å²) in [5.74, 6) is 1.95. The number of nitrogens with zero attached hydrogens (tertiary/aromatic N) is 6. The first-order chi connectivity index (χ1) is 21.2. The van der Waals surface area contributed by atoms with E-state index in [2.05, 4.69) is 33.1 Å². The van der Waals surface area contributed by atoms with Gasteiger partial charge in [0.25, 0.3) is 0 Å². The lowest BCUT2D eigenvalue weighted by Gasteiger charge is -2.60. The second kappa shape index (κ2) is 13.9. The number of likely N-dealkylation sites (tertiary alicyclic amines) is 2. The largest absolute Gasteiger partial charge is 0.390 e. The first-order valence-electron chi connectivity index (χ1n) is 15.9. The van der Waals surface area contributed by atoms with E-state index >= 15 is 0 Å². The molecule has 2 amide bonds. The molecule has 4 atom stereocenters. The zero-order valence-electron chi connectivity index (χ0n) is 25.3. The van der Waals surface area contributed by atoms with Crippen LogP contribution in [0, 0.1) is 45.8 Å². The number of pyridine rings is 1. The van der Waals surface area contributed by atoms with Gasteiger partial charge in [-0.2, -0.15) is 15.8 Å². The van der Waals surface area contributed by atoms with Crippen molar-refractivity contribution < 1.29 is 14.7 Å². The standard InChI is InChI=1S/C17H25N3O2.C15H18N6O/c18-9-14-2-1-3-20(14)15(21)10-19-16-5-12-4-13(6-16)8-17(22,7-12)11-16;16-8-12-3-4-14(20-10-12)19-6-5-18-11-15(22)21-7-1-2-13(21)9-17/h12-14,19,22H,1-8,10-11H2;3-4,10,13,18H,1-2,5-7,11H2,(H,19,20)/t12?,13?,14-,16?,17?;13-/m00/s1. The summed E-state index contributed by atoms with van der Waals surface area (Å²) in [5.41, 5.74) is -0.0220. The number of amides is 2. The SMILES string of the molecule is N#C[C@@H]1CCCN1C(=O)CNC12CC3CC(CC(O)(C3)C1)C2.N#Cc1ccc(NCCNCC(=O)N2CCC[C@H]2C#N)nc1. The Labute approximate surface area is 259 Å². The third-order valence-corrected chi connectivity index (χ3v) is 9.87. The van der Waals surface area contributed by atoms with Crippen molar-refractivity contribution in [2.45, 2.75) is 87.4 Å². The number of hydrogen-bond donors (Lipinski definition) is 4. The predicted molar refractivity (Wildman–Crippen MR) is 161 cm³/mol. The Hall–Kier alpha value is -3.76. The van der Waals surface area contributed by atoms with Crippen LogP contribution < -0.4 is 16.0 Å². The Morgan fingerprint density at radius 3 is 2.11 bits per heavy atom. The van der Waals surface area contributed by atoms with E-state index in [1.165, 1.54) is 12.6 Å². The minimum Gasteiger partial charge on any atom is -0.390 e. The highest BCUT2D eigenvalue weighted by Crippen LogP contribution is 2.57. The number of nitriles is 3. The van der Waals surface area contributed by atoms with Crippen LogP contribution in [0.2, 0.25) is 0 Å². The van der Waals surface area contributed by atoms with Crippen molar-refractivity contribution in [3.05, 3.63) is 23.9 Å². The molecule has 6 fully saturated rings. The minimum absolute atomic E-state index is 0.0273. The Bertz CT molecular complexity index is 1300. The highest BCUT2D eigenvalue weighted by Gasteiger charge is 2.57. The van der Waals surface area contributed by atoms with Crippen LogP contribution >= 0.6 is 0 Å². The molecule has 0 radical (unpaired) electrons. The second-order valence-electron chi connectivity index (χ2n) is 13.2. The number of anilines is 1. The average molecular weight is 602 g/mol. The van der Waals surface area contributed by atoms with Crippen LogP contribution in [-0.2, 0) is 9.59 Å². The van der Waals surface area contributed by atoms with Crippen LogP contribution in [0.5, 0.6) is 0 Å². The molecule has 2 saturated heterocycles. The zero-order chi connectivity index (χ0) is 31.2. The molecule has 3 heterocycles. The summed E-state index contributed by atoms with van der Waals surface area (Å²) in [6.07, 6.45) is 11.0. The fraction of sp³-hybridized carbons (Fsp3) is 0.688. The van der Waals surface area contributed by atoms with Gasteiger partial charge in [-0.15, -0.1) is 0 Å². The van der Waals surface area contributed by atoms with Gasteiger partial charge in [0.15, 0.2) is 0 Å². The summed E-state index contributed by atoms with van der Waals surface area (Å²) in [7, 11) is 0. The molecule has 12 nitrogen and oxygen atoms in total. The topological polar surface area (TPSA) is 181 Å². The van der Waals surface area contributed by atoms with Crippen LogP contribution in [0.25, 0.3) is 0 Å². The monoisotopic (exact) mass is 601 g/mol. The summed E-state index contributed by atoms with van der Waals surface area (Å²) >= 11 is 0. The summed E-state index contributed by atoms with van der Waals surface area (Å²) in [6.45, 7) is 3.16. The molecule has 0 aromatic carbocycles. The van der Waals surface area contributed by atoms with E-state index in [0.29, 0.717) is 55.9 Å². The van der Waals surface area contributed by atoms with Crippen LogP contribution in [-0.4, -0.2) is 94.2 Å². The van der Waals surface area contributed by atoms with E-state index in [9.17, 15) is 14.7 Å². The van der Waals surface area contributed by atoms with Gasteiger partial charge in [-0.25, -0.2) is 4.98 Å². The first kappa shape index (κ1) is 31.7. The molecule has 7 rings (SSSR count). The van der Waals surface area contributed by atoms with Crippen LogP contribution in [0.15, 0.2) is 18.3 Å². The Morgan fingerprint density at radius 1 is 0.932 bits per heavy atom. The van der Waals surface area contributed by atoms with Gasteiger partial charge >= 0.3 is 0 Å². The van der Waals surface area contributed by atoms with Gasteiger partial charge in [-0.1, -0.05) is 0 Å². The molecular formula is C32H43N9O3. The first-order valence-corrected chi connectivity index (χ1v) is 15.9. The van der Waals surface area contributed by atoms with Gasteiger partial charge < -0.3 is 30.9 Å². The van der Waals surface area contributed by atoms with Gasteiger partial charge in [0.05, 0.1) is 36.4 Å². The highest BCUT2D eigenvalue weighted by atomic mass is 16.3. The van der Waals surface area contributed by atoms with Crippen LogP contribution in [0.1, 0.15) is 69.8 Å². The van der Waals surface area contributed by atoms with Crippen molar-refractivity contribution in [1.82, 2.24) is 25.4 Å². The van der Waals surface area contributed by atoms with Gasteiger partial charge in [0.2, 0.25) is 11.8 Å². The number of aromatic nitrogens is 1. The quantitative estimate of drug-likeness (QED) is 0.304. The Balaban J connectivity index is 0.000000175. The molecule has 4 N–H and O–H groups in total. The number of aliphatic hydroxyl groups is 1. The van der Waals surface area contributed by atoms with E-state index in [4.69, 9.17) is 15.8 Å². The average Bonchev–Trinajstić information content (AvgIpc) is 3.69. The molecule has 0 spiro atoms. The summed E-state index contributed by atoms with van der Waals surface area (Å²) in [5, 5.41) is 47.2. The van der Waals surface area contributed by atoms with Crippen molar-refractivity contribution in [1.29, 1.82) is 15.8 Å². The molecule has 1 aromatic heterocycles. The number of carbonyl (C=O) groups is 2. The maximum absolute atomic E-state index is 12.4. The lowest BCUT2D eigenvalue weighted by Crippen LogP contribution is -2.65. The Kier molecular flexibility index (Phi) is 10.0. The maximum Gasteiger partial charge on any atom is 0.237 e. The van der Waals surface area contributed by atoms with Gasteiger partial charge in [0.1, 0.15) is 24.0 Å². The van der Waals surface area contributed by atoms with Crippen molar-refractivity contribution in [3.63, 3.8) is 0 Å². The van der Waals surface area contributed by atoms with E-state index in [1.807, 2.05) is 6.07 Å². The molecule has 12 heteroatoms. The third-order valence-electron chi connectivity index (χ3n) is 9.87. The van der Waals surface area contributed by atoms with E-state index in [0.717, 1.165) is 57.8 Å². The number of rotatable bonds is 9. The molecule has 6 aliphatic rings. The molecule has 1 aromatic rings. The molecule has 4 bridgehead atoms. The zero-order valence-corrected chi connectivity index (χ0v) is 25.3. The van der Waals surface area contributed by atoms with Gasteiger partial charge in [0, 0.05) is 37.9 Å². The lowest BCUT2D eigenvalue weighted by molar-refractivity contribution is -0.147. The van der Waals surface area contributed by atoms with E-state index < -0.39 is 5.60 Å². The molecule has 2 unspecified atom stereocenters. The van der Waals surface area contributed by atoms with Crippen molar-refractivity contribution >= 4 is 17.6 Å². The number of hydrogen-bond acceptors (Lipinski definition) is 10. The van der Waals surface area contributed by atoms with Crippen molar-refractivity contribution in [3.8, 4) is 18.2 Å². The summed E-state index contributed by atoms with van der Waals surface area (Å²) in [6, 6.07) is 9.33. The fourth-order valence-electron chi connectivity index (χ4n) is 8.32. The highest BCUT2D eigenvalue weighted by molar-refractivity contribution is 5.79. The minimum atomic E-state index is -0.497. The Morgan fingerprint density at radius 2 is 1.57 bits per heavy atom. The number of carbonyl (C=O) groups excluding carboxylic acids is 2. The lowest BCUT2D eigenvalue weighted by atomic mass is 9.51. The van der Waals surface area contributed by atoms with E-state index in [1.54, 1.807) is 21.9 Å². The number of nitrogens with one attached hydrogen (secondary N) is 3. The molecular weight excluding hydrogens is 558 g/mol. The van der Waals surface area contributed by atoms with Crippen LogP contribution in [0.4, 0.5) is 5.82 Å². The molecule has 2 aliphatic heterocycles. The molecule has 4 saturated carbocycles. The van der Waals surface area contributed by atoms with Gasteiger partial charge in [-0.05, 0) is 88.2 Å². The third kappa shape index (κ3) is 7.47. The smallest absolute Gasteiger partial charge is 0.237 e. The predicted octanol–water partition coefficient (Wildman–Crippen LogP) is 1.64. The van der Waals surface area contributed by atoms with Crippen molar-refractivity contribution in [2.24, 2.45) is 11.8 Å². The van der Waals surface area contributed by atoms with Crippen LogP contribution in [0.3, 0.4) is 0 Å². The summed E-state index contributed by atoms with van der Waals surface area (Å²) in [4.78, 5) is 31.9.